The normalized spacial score (nSPS) is 12.0. The van der Waals surface area contributed by atoms with Crippen LogP contribution in [0.3, 0.4) is 0 Å². The summed E-state index contributed by atoms with van der Waals surface area (Å²) in [5, 5.41) is 7.31. The minimum Gasteiger partial charge on any atom is -0.455 e. The van der Waals surface area contributed by atoms with Gasteiger partial charge in [-0.3, -0.25) is 0 Å². The number of ether oxygens (including phenoxy) is 3. The second-order valence-corrected chi connectivity index (χ2v) is 38.4. The molecule has 3 aliphatic heterocycles. The van der Waals surface area contributed by atoms with Gasteiger partial charge in [-0.05, 0) is 251 Å². The smallest absolute Gasteiger partial charge is 0.153 e. The van der Waals surface area contributed by atoms with Gasteiger partial charge < -0.3 is 52.6 Å². The fraction of sp³-hybridized carbons (Fsp3) is 0. The summed E-state index contributed by atoms with van der Waals surface area (Å²) in [6.45, 7) is 0. The molecule has 11 nitrogen and oxygen atoms in total. The van der Waals surface area contributed by atoms with Gasteiger partial charge in [0.2, 0.25) is 0 Å². The number of para-hydroxylation sites is 13. The Labute approximate surface area is 872 Å². The quantitative estimate of drug-likeness (QED) is 0.0881. The molecule has 29 rings (SSSR count). The van der Waals surface area contributed by atoms with Crippen molar-refractivity contribution in [1.29, 1.82) is 0 Å². The summed E-state index contributed by atoms with van der Waals surface area (Å²) in [7, 11) is 0. The van der Waals surface area contributed by atoms with Crippen LogP contribution >= 0.6 is 11.3 Å². The molecule has 0 saturated heterocycles. The first-order chi connectivity index (χ1) is 74.4. The molecular weight excluding hydrogens is 1850 g/mol. The third kappa shape index (κ3) is 16.5. The summed E-state index contributed by atoms with van der Waals surface area (Å²) in [5.74, 6) is 4.88. The fourth-order valence-corrected chi connectivity index (χ4v) is 22.7. The lowest BCUT2D eigenvalue weighted by atomic mass is 10.0. The van der Waals surface area contributed by atoms with Crippen LogP contribution in [0.5, 0.6) is 34.5 Å². The van der Waals surface area contributed by atoms with E-state index in [9.17, 15) is 0 Å². The van der Waals surface area contributed by atoms with Crippen LogP contribution in [0.25, 0.3) is 114 Å². The Morgan fingerprint density at radius 1 is 0.187 bits per heavy atom. The van der Waals surface area contributed by atoms with Crippen molar-refractivity contribution in [1.82, 2.24) is 4.57 Å². The Bertz CT molecular complexity index is 9430. The van der Waals surface area contributed by atoms with Crippen LogP contribution in [0.1, 0.15) is 0 Å². The highest BCUT2D eigenvalue weighted by Gasteiger charge is 2.33. The number of furan rings is 1. The molecule has 12 heteroatoms. The number of benzene rings is 23. The molecule has 26 aromatic rings. The van der Waals surface area contributed by atoms with Crippen molar-refractivity contribution in [2.45, 2.75) is 0 Å². The topological polar surface area (TPSA) is 65.2 Å². The van der Waals surface area contributed by atoms with Gasteiger partial charge in [-0.1, -0.05) is 334 Å². The molecule has 0 saturated carbocycles. The summed E-state index contributed by atoms with van der Waals surface area (Å²) in [4.78, 5) is 13.8. The molecule has 23 aromatic carbocycles. The summed E-state index contributed by atoms with van der Waals surface area (Å²) in [5.41, 5.74) is 33.3. The van der Waals surface area contributed by atoms with Gasteiger partial charge in [0.15, 0.2) is 34.5 Å². The lowest BCUT2D eigenvalue weighted by molar-refractivity contribution is 0.477. The maximum absolute atomic E-state index is 6.65. The highest BCUT2D eigenvalue weighted by molar-refractivity contribution is 7.26. The van der Waals surface area contributed by atoms with E-state index >= 15 is 0 Å². The Hall–Kier alpha value is -19.9. The average Bonchev–Trinajstić information content (AvgIpc) is 1.68. The van der Waals surface area contributed by atoms with Crippen molar-refractivity contribution in [3.05, 3.63) is 564 Å². The van der Waals surface area contributed by atoms with Gasteiger partial charge in [0.1, 0.15) is 11.2 Å². The van der Waals surface area contributed by atoms with Gasteiger partial charge >= 0.3 is 0 Å². The van der Waals surface area contributed by atoms with E-state index in [0.717, 1.165) is 176 Å². The first-order valence-corrected chi connectivity index (χ1v) is 51.4. The molecule has 0 N–H and O–H groups in total. The summed E-state index contributed by atoms with van der Waals surface area (Å²) in [6, 6.07) is 198. The second kappa shape index (κ2) is 38.6. The molecule has 0 amide bonds. The largest absolute Gasteiger partial charge is 0.455 e. The van der Waals surface area contributed by atoms with E-state index in [1.54, 1.807) is 0 Å². The Morgan fingerprint density at radius 2 is 0.493 bits per heavy atom. The van der Waals surface area contributed by atoms with Crippen molar-refractivity contribution in [3.8, 4) is 84.7 Å². The van der Waals surface area contributed by atoms with E-state index in [-0.39, 0.29) is 0 Å². The minimum absolute atomic E-state index is 0.791. The zero-order valence-electron chi connectivity index (χ0n) is 81.4. The molecule has 0 spiro atoms. The third-order valence-electron chi connectivity index (χ3n) is 28.5. The predicted octanol–water partition coefficient (Wildman–Crippen LogP) is 40.2. The molecule has 150 heavy (non-hydrogen) atoms. The second-order valence-electron chi connectivity index (χ2n) is 37.4. The number of thiophene rings is 1. The predicted molar refractivity (Wildman–Crippen MR) is 624 cm³/mol. The van der Waals surface area contributed by atoms with Gasteiger partial charge in [0.25, 0.3) is 0 Å². The SMILES string of the molecule is c1ccc(-c2ccc(N(c3ccc(-c4cccc5c4oc4ccccc45)cc3)c3ccc4c(c3)Oc3ccccc3N4c3ccccc3)cc2)cc1.c1ccc(-c2ccc(N(c3ccc(-n4c5ccccc5c5ccccc54)cc3)c3ccc4c(c3)Oc3ccccc3N4c3ccccc3)cc2)cc1.c1ccc(-c2ccc(N(c3ccc4c(c3)Oc3ccccc3N4c3ccccc3)c3cccc4c3sc3ccccc34)cc2)cc1. The van der Waals surface area contributed by atoms with Crippen molar-refractivity contribution < 1.29 is 18.6 Å². The van der Waals surface area contributed by atoms with Crippen LogP contribution in [0.2, 0.25) is 0 Å². The molecule has 0 radical (unpaired) electrons. The van der Waals surface area contributed by atoms with E-state index in [4.69, 9.17) is 18.6 Å². The van der Waals surface area contributed by atoms with Crippen LogP contribution in [0, 0.1) is 0 Å². The number of rotatable bonds is 17. The highest BCUT2D eigenvalue weighted by atomic mass is 32.1. The Morgan fingerprint density at radius 3 is 0.927 bits per heavy atom. The number of hydrogen-bond acceptors (Lipinski definition) is 11. The standard InChI is InChI=1S/C48H33N3O.C48H32N2O2.C42H28N2OS/c1-3-13-34(14-4-1)35-23-25-37(26-24-35)49(38-27-29-39(30-28-38)50-43-19-9-7-17-41(43)42-18-8-10-20-44(42)50)40-31-32-46-48(33-40)52-47-22-12-11-21-45(47)51(46)36-15-5-2-6-16-36;1-3-12-33(13-4-1)34-22-26-37(27-23-34)49(38-28-24-35(25-29-38)40-17-11-18-42-41-16-7-9-20-45(41)52-48(40)42)39-30-31-44-47(32-39)51-46-21-10-8-19-43(46)50(44)36-14-5-2-6-15-36;1-3-12-29(13-4-1)30-22-24-32(25-23-30)43(38-19-11-17-35-34-16-7-10-21-41(34)46-42(35)38)33-26-27-37-40(28-33)45-39-20-9-8-18-36(39)44(37)31-14-5-2-6-15-31/h1-33H;1-32H;1-28H. The third-order valence-corrected chi connectivity index (χ3v) is 29.7. The van der Waals surface area contributed by atoms with Gasteiger partial charge in [-0.2, -0.15) is 0 Å². The van der Waals surface area contributed by atoms with E-state index < -0.39 is 0 Å². The molecule has 0 fully saturated rings. The summed E-state index contributed by atoms with van der Waals surface area (Å²) < 4.78 is 31.2. The zero-order chi connectivity index (χ0) is 99.3. The van der Waals surface area contributed by atoms with Gasteiger partial charge in [0, 0.05) is 123 Å². The monoisotopic (exact) mass is 1940 g/mol. The Kier molecular flexibility index (Phi) is 22.9. The van der Waals surface area contributed by atoms with Crippen molar-refractivity contribution in [3.63, 3.8) is 0 Å². The number of aromatic nitrogens is 1. The van der Waals surface area contributed by atoms with E-state index in [1.807, 2.05) is 78.1 Å². The number of fused-ring (bicyclic) bond motifs is 15. The van der Waals surface area contributed by atoms with Crippen LogP contribution < -0.4 is 43.6 Å². The maximum Gasteiger partial charge on any atom is 0.153 e. The molecule has 0 unspecified atom stereocenters. The maximum atomic E-state index is 6.65. The number of hydrogen-bond donors (Lipinski definition) is 0. The van der Waals surface area contributed by atoms with E-state index in [1.165, 1.54) is 75.4 Å². The fourth-order valence-electron chi connectivity index (χ4n) is 21.5. The molecule has 0 aliphatic carbocycles. The molecule has 0 bridgehead atoms. The minimum atomic E-state index is 0.791. The van der Waals surface area contributed by atoms with Crippen LogP contribution in [-0.2, 0) is 0 Å². The number of anilines is 18. The summed E-state index contributed by atoms with van der Waals surface area (Å²) >= 11 is 1.84. The van der Waals surface area contributed by atoms with E-state index in [0.29, 0.717) is 0 Å². The lowest BCUT2D eigenvalue weighted by Gasteiger charge is -2.34. The van der Waals surface area contributed by atoms with Gasteiger partial charge in [0.05, 0.1) is 61.2 Å². The molecule has 3 aromatic heterocycles. The van der Waals surface area contributed by atoms with Gasteiger partial charge in [-0.15, -0.1) is 11.3 Å². The van der Waals surface area contributed by atoms with Crippen LogP contribution in [-0.4, -0.2) is 4.57 Å². The molecule has 710 valence electrons. The number of nitrogens with zero attached hydrogens (tertiary/aromatic N) is 7. The molecule has 6 heterocycles. The van der Waals surface area contributed by atoms with Crippen molar-refractivity contribution in [2.75, 3.05) is 29.4 Å². The van der Waals surface area contributed by atoms with Crippen molar-refractivity contribution >= 4 is 178 Å². The average molecular weight is 1950 g/mol. The molecule has 0 atom stereocenters. The molecular formula is C138H93N7O4S. The van der Waals surface area contributed by atoms with Crippen molar-refractivity contribution in [2.24, 2.45) is 0 Å². The first-order valence-electron chi connectivity index (χ1n) is 50.6. The molecule has 3 aliphatic rings. The lowest BCUT2D eigenvalue weighted by Crippen LogP contribution is -2.16. The highest BCUT2D eigenvalue weighted by Crippen LogP contribution is 2.58. The zero-order valence-corrected chi connectivity index (χ0v) is 82.2. The van der Waals surface area contributed by atoms with E-state index in [2.05, 4.69) is 531 Å². The van der Waals surface area contributed by atoms with Crippen LogP contribution in [0.4, 0.5) is 102 Å². The first kappa shape index (κ1) is 89.0. The summed E-state index contributed by atoms with van der Waals surface area (Å²) in [6.07, 6.45) is 0. The van der Waals surface area contributed by atoms with Crippen LogP contribution in [0.15, 0.2) is 569 Å². The Balaban J connectivity index is 0.000000111. The van der Waals surface area contributed by atoms with Gasteiger partial charge in [-0.25, -0.2) is 0 Å².